The van der Waals surface area contributed by atoms with Crippen LogP contribution in [0.5, 0.6) is 0 Å². The first-order valence-electron chi connectivity index (χ1n) is 44.3. The van der Waals surface area contributed by atoms with Crippen molar-refractivity contribution in [2.75, 3.05) is 39.2 Å². The van der Waals surface area contributed by atoms with Crippen LogP contribution >= 0.6 is 68.5 Å². The van der Waals surface area contributed by atoms with Crippen molar-refractivity contribution in [1.29, 1.82) is 0 Å². The first-order chi connectivity index (χ1) is 65.4. The molecule has 4 aliphatic rings. The molecule has 0 spiro atoms. The van der Waals surface area contributed by atoms with E-state index in [4.69, 9.17) is 23.2 Å². The van der Waals surface area contributed by atoms with Gasteiger partial charge in [-0.05, 0) is 216 Å². The van der Waals surface area contributed by atoms with Gasteiger partial charge in [0.05, 0.1) is 55.5 Å². The zero-order valence-corrected chi connectivity index (χ0v) is 75.8. The zero-order chi connectivity index (χ0) is 87.4. The Morgan fingerprint density at radius 2 is 0.485 bits per heavy atom. The number of anilines is 24. The zero-order valence-electron chi connectivity index (χ0n) is 71.0. The molecule has 0 bridgehead atoms. The van der Waals surface area contributed by atoms with Gasteiger partial charge in [0.1, 0.15) is 0 Å². The van der Waals surface area contributed by atoms with Crippen LogP contribution in [0, 0.1) is 0 Å². The predicted octanol–water partition coefficient (Wildman–Crippen LogP) is 31.6. The molecule has 26 rings (SSSR count). The summed E-state index contributed by atoms with van der Waals surface area (Å²) in [5.74, 6) is 0. The van der Waals surface area contributed by atoms with Crippen LogP contribution in [0.15, 0.2) is 460 Å². The highest BCUT2D eigenvalue weighted by Gasteiger charge is 2.50. The van der Waals surface area contributed by atoms with Gasteiger partial charge in [-0.15, -0.1) is 45.3 Å². The average molecular weight is 1800 g/mol. The van der Waals surface area contributed by atoms with Crippen LogP contribution < -0.4 is 70.6 Å². The van der Waals surface area contributed by atoms with Crippen molar-refractivity contribution in [3.63, 3.8) is 0 Å². The lowest BCUT2D eigenvalue weighted by molar-refractivity contribution is 1.23. The summed E-state index contributed by atoms with van der Waals surface area (Å²) in [4.78, 5) is 19.2. The largest absolute Gasteiger partial charge is 0.311 e. The van der Waals surface area contributed by atoms with E-state index in [0.717, 1.165) is 79.6 Å². The Labute approximate surface area is 792 Å². The number of thiophene rings is 4. The first-order valence-corrected chi connectivity index (χ1v) is 48.4. The lowest BCUT2D eigenvalue weighted by atomic mass is 9.32. The van der Waals surface area contributed by atoms with Gasteiger partial charge in [-0.1, -0.05) is 278 Å². The Hall–Kier alpha value is -15.1. The highest BCUT2D eigenvalue weighted by atomic mass is 35.5. The molecule has 8 heterocycles. The summed E-state index contributed by atoms with van der Waals surface area (Å²) in [7, 11) is 0. The normalized spacial score (nSPS) is 12.5. The van der Waals surface area contributed by atoms with Crippen molar-refractivity contribution >= 4 is 290 Å². The minimum absolute atomic E-state index is 0.00285. The summed E-state index contributed by atoms with van der Waals surface area (Å²) in [6.07, 6.45) is 0. The van der Waals surface area contributed by atoms with E-state index in [1.165, 1.54) is 129 Å². The molecule has 0 N–H and O–H groups in total. The van der Waals surface area contributed by atoms with E-state index in [-0.39, 0.29) is 13.4 Å². The third-order valence-electron chi connectivity index (χ3n) is 25.8. The maximum atomic E-state index is 7.80. The van der Waals surface area contributed by atoms with Crippen molar-refractivity contribution < 1.29 is 0 Å². The fraction of sp³-hybridized carbons (Fsp3) is 0. The summed E-state index contributed by atoms with van der Waals surface area (Å²) in [6, 6.07) is 161. The number of nitrogens with zero attached hydrogens (tertiary/aromatic N) is 8. The molecule has 0 saturated heterocycles. The van der Waals surface area contributed by atoms with Crippen LogP contribution in [0.4, 0.5) is 136 Å². The van der Waals surface area contributed by atoms with Gasteiger partial charge in [0.2, 0.25) is 0 Å². The topological polar surface area (TPSA) is 25.9 Å². The van der Waals surface area contributed by atoms with Crippen LogP contribution in [-0.2, 0) is 0 Å². The molecule has 0 fully saturated rings. The number of hydrogen-bond donors (Lipinski definition) is 0. The monoisotopic (exact) mass is 1800 g/mol. The van der Waals surface area contributed by atoms with Crippen molar-refractivity contribution in [3.8, 4) is 0 Å². The van der Waals surface area contributed by atoms with E-state index in [1.54, 1.807) is 22.7 Å². The number of para-hydroxylation sites is 8. The standard InChI is InChI=1S/C58H36B2N4S2.C58H40Cl2N4S2/c1-5-19-37(20-6-1)61-45-29-17-31-47-53(45)59(57-55(41-27-13-15-33-51(41)65-57)63(47)39-23-9-3-10-24-39)43-35-44-50(36-49(43)61)62(38-21-7-2-8-22-38)46-30-18-32-48-54(46)60(44)58-56(42-28-14-16-34-52(42)66-58)64(48)40-25-11-4-12-26-40;59-57-49(32-18-34-51(57)63(43-24-9-3-10-25-43)53-39-65-55-36-15-13-30-47(53)55)61(41-20-5-1-6-21-41)45-28-17-29-46(38-45)62(42-22-7-2-8-23-42)50-33-19-35-52(58(50)60)64(44-26-11-4-12-27-44)54-40-66-56-37-16-14-31-48(54)56/h1-36H;1-40H. The maximum Gasteiger partial charge on any atom is 0.264 e. The quantitative estimate of drug-likeness (QED) is 0.0883. The van der Waals surface area contributed by atoms with Gasteiger partial charge >= 0.3 is 0 Å². The third kappa shape index (κ3) is 13.1. The summed E-state index contributed by atoms with van der Waals surface area (Å²) in [5, 5.41) is 10.6. The Bertz CT molecular complexity index is 7690. The molecule has 0 amide bonds. The molecule has 8 nitrogen and oxygen atoms in total. The number of fused-ring (bicyclic) bond motifs is 14. The lowest BCUT2D eigenvalue weighted by Crippen LogP contribution is -2.64. The Morgan fingerprint density at radius 1 is 0.212 bits per heavy atom. The van der Waals surface area contributed by atoms with Crippen molar-refractivity contribution in [2.45, 2.75) is 0 Å². The number of halogens is 2. The predicted molar refractivity (Wildman–Crippen MR) is 571 cm³/mol. The molecule has 4 aliphatic heterocycles. The van der Waals surface area contributed by atoms with Crippen molar-refractivity contribution in [2.24, 2.45) is 0 Å². The third-order valence-corrected chi connectivity index (χ3v) is 31.0. The number of rotatable bonds is 16. The van der Waals surface area contributed by atoms with Gasteiger partial charge in [-0.25, -0.2) is 0 Å². The fourth-order valence-electron chi connectivity index (χ4n) is 20.4. The van der Waals surface area contributed by atoms with Crippen LogP contribution in [-0.4, -0.2) is 13.4 Å². The Balaban J connectivity index is 0.000000142. The van der Waals surface area contributed by atoms with E-state index in [0.29, 0.717) is 10.0 Å². The summed E-state index contributed by atoms with van der Waals surface area (Å²) in [5.41, 5.74) is 31.3. The maximum absolute atomic E-state index is 7.80. The highest BCUT2D eigenvalue weighted by molar-refractivity contribution is 7.35. The van der Waals surface area contributed by atoms with Gasteiger partial charge < -0.3 is 39.2 Å². The van der Waals surface area contributed by atoms with Crippen LogP contribution in [0.2, 0.25) is 10.0 Å². The van der Waals surface area contributed by atoms with Crippen LogP contribution in [0.3, 0.4) is 0 Å². The minimum Gasteiger partial charge on any atom is -0.311 e. The molecule has 16 heteroatoms. The Kier molecular flexibility index (Phi) is 19.9. The summed E-state index contributed by atoms with van der Waals surface area (Å²) < 4.78 is 7.80. The van der Waals surface area contributed by atoms with Crippen molar-refractivity contribution in [1.82, 2.24) is 0 Å². The second kappa shape index (κ2) is 33.1. The van der Waals surface area contributed by atoms with E-state index in [1.807, 2.05) is 46.9 Å². The first kappa shape index (κ1) is 79.1. The van der Waals surface area contributed by atoms with E-state index in [2.05, 4.69) is 475 Å². The second-order valence-electron chi connectivity index (χ2n) is 33.2. The van der Waals surface area contributed by atoms with Gasteiger partial charge in [0, 0.05) is 152 Å². The molecule has 624 valence electrons. The molecular formula is C116H76B2Cl2N8S4. The van der Waals surface area contributed by atoms with E-state index < -0.39 is 0 Å². The van der Waals surface area contributed by atoms with Crippen LogP contribution in [0.1, 0.15) is 0 Å². The van der Waals surface area contributed by atoms with Crippen LogP contribution in [0.25, 0.3) is 40.3 Å². The van der Waals surface area contributed by atoms with Gasteiger partial charge in [0.15, 0.2) is 0 Å². The molecule has 0 radical (unpaired) electrons. The molecule has 0 atom stereocenters. The molecule has 22 aromatic rings. The minimum atomic E-state index is -0.00285. The van der Waals surface area contributed by atoms with Crippen molar-refractivity contribution in [3.05, 3.63) is 470 Å². The molecule has 132 heavy (non-hydrogen) atoms. The number of hydrogen-bond acceptors (Lipinski definition) is 12. The van der Waals surface area contributed by atoms with Gasteiger partial charge in [-0.3, -0.25) is 0 Å². The fourth-order valence-corrected chi connectivity index (χ4v) is 25.4. The summed E-state index contributed by atoms with van der Waals surface area (Å²) in [6.45, 7) is -0.00569. The molecule has 0 unspecified atom stereocenters. The van der Waals surface area contributed by atoms with Gasteiger partial charge in [0.25, 0.3) is 13.4 Å². The second-order valence-corrected chi connectivity index (χ2v) is 38.0. The van der Waals surface area contributed by atoms with E-state index in [9.17, 15) is 0 Å². The van der Waals surface area contributed by atoms with Gasteiger partial charge in [-0.2, -0.15) is 0 Å². The molecule has 18 aromatic carbocycles. The molecule has 0 aliphatic carbocycles. The lowest BCUT2D eigenvalue weighted by Gasteiger charge is -2.46. The highest BCUT2D eigenvalue weighted by Crippen LogP contribution is 2.56. The SMILES string of the molecule is Clc1c(N(c2ccccc2)c2cccc(N(c3ccccc3)c3cccc(N(c4ccccc4)c4csc5ccccc45)c3Cl)c2)cccc1N(c1ccccc1)c1csc2ccccc12.c1ccc(N2c3cc4c(cc3B3c5sc6ccccc6c5N(c5ccccc5)c5cccc2c53)B2c3sc5ccccc5c3N(c3ccccc3)c3cccc(c32)N4c2ccccc2)cc1. The average Bonchev–Trinajstić information content (AvgIpc) is 1.31. The molecule has 0 saturated carbocycles. The molecular weight excluding hydrogens is 1730 g/mol. The number of benzene rings is 18. The molecule has 4 aromatic heterocycles. The van der Waals surface area contributed by atoms with E-state index >= 15 is 0 Å². The Morgan fingerprint density at radius 3 is 0.848 bits per heavy atom. The smallest absolute Gasteiger partial charge is 0.264 e. The summed E-state index contributed by atoms with van der Waals surface area (Å²) >= 11 is 23.0.